The van der Waals surface area contributed by atoms with Gasteiger partial charge in [0, 0.05) is 27.7 Å². The standard InChI is InChI=1S/C27H20ClN3O2S/c1-17-14-19(28)10-11-24(17)33-13-12-30-16-18(20-6-2-4-8-22(20)30)15-25-26(32)31-23-9-5-3-7-21(23)29-27(31)34-25/h2-11,14-16H,12-13H2,1H3/b25-15-. The Balaban J connectivity index is 1.36. The summed E-state index contributed by atoms with van der Waals surface area (Å²) in [6.45, 7) is 3.19. The van der Waals surface area contributed by atoms with Crippen molar-refractivity contribution in [2.75, 3.05) is 6.61 Å². The number of hydrogen-bond acceptors (Lipinski definition) is 4. The molecule has 0 bridgehead atoms. The quantitative estimate of drug-likeness (QED) is 0.326. The molecule has 0 N–H and O–H groups in total. The fourth-order valence-corrected chi connectivity index (χ4v) is 5.56. The van der Waals surface area contributed by atoms with Crippen LogP contribution in [0.1, 0.15) is 11.1 Å². The minimum Gasteiger partial charge on any atom is -0.491 e. The highest BCUT2D eigenvalue weighted by Crippen LogP contribution is 2.24. The molecule has 0 spiro atoms. The normalized spacial score (nSPS) is 12.4. The van der Waals surface area contributed by atoms with E-state index in [1.807, 2.05) is 67.6 Å². The van der Waals surface area contributed by atoms with Crippen molar-refractivity contribution in [1.82, 2.24) is 14.0 Å². The van der Waals surface area contributed by atoms with Gasteiger partial charge in [-0.3, -0.25) is 4.79 Å². The van der Waals surface area contributed by atoms with Gasteiger partial charge in [0.05, 0.1) is 22.1 Å². The first-order chi connectivity index (χ1) is 16.6. The number of aryl methyl sites for hydroxylation is 1. The average Bonchev–Trinajstić information content (AvgIpc) is 3.47. The second-order valence-corrected chi connectivity index (χ2v) is 9.63. The topological polar surface area (TPSA) is 48.5 Å². The van der Waals surface area contributed by atoms with Crippen LogP contribution in [0.25, 0.3) is 33.0 Å². The van der Waals surface area contributed by atoms with E-state index in [1.54, 1.807) is 4.40 Å². The summed E-state index contributed by atoms with van der Waals surface area (Å²) in [5, 5.41) is 1.80. The third kappa shape index (κ3) is 3.56. The molecular weight excluding hydrogens is 466 g/mol. The lowest BCUT2D eigenvalue weighted by molar-refractivity contribution is 0.298. The fraction of sp³-hybridized carbons (Fsp3) is 0.111. The summed E-state index contributed by atoms with van der Waals surface area (Å²) >= 11 is 7.47. The Morgan fingerprint density at radius 2 is 1.85 bits per heavy atom. The number of rotatable bonds is 5. The molecule has 6 rings (SSSR count). The molecule has 3 aromatic heterocycles. The Morgan fingerprint density at radius 3 is 2.71 bits per heavy atom. The smallest absolute Gasteiger partial charge is 0.274 e. The minimum atomic E-state index is -0.0351. The van der Waals surface area contributed by atoms with Crippen molar-refractivity contribution < 1.29 is 4.74 Å². The lowest BCUT2D eigenvalue weighted by Gasteiger charge is -2.10. The van der Waals surface area contributed by atoms with Gasteiger partial charge in [-0.05, 0) is 55.0 Å². The summed E-state index contributed by atoms with van der Waals surface area (Å²) in [5.74, 6) is 0.831. The number of nitrogens with zero attached hydrogens (tertiary/aromatic N) is 3. The third-order valence-corrected chi connectivity index (χ3v) is 7.18. The molecule has 0 saturated carbocycles. The van der Waals surface area contributed by atoms with E-state index >= 15 is 0 Å². The molecule has 3 aromatic carbocycles. The van der Waals surface area contributed by atoms with Crippen LogP contribution < -0.4 is 14.8 Å². The van der Waals surface area contributed by atoms with E-state index in [4.69, 9.17) is 16.3 Å². The van der Waals surface area contributed by atoms with Crippen LogP contribution in [0.15, 0.2) is 77.7 Å². The molecule has 0 saturated heterocycles. The van der Waals surface area contributed by atoms with Crippen LogP contribution >= 0.6 is 22.9 Å². The number of aromatic nitrogens is 3. The van der Waals surface area contributed by atoms with Crippen LogP contribution in [-0.2, 0) is 6.54 Å². The molecule has 0 atom stereocenters. The molecule has 34 heavy (non-hydrogen) atoms. The first kappa shape index (κ1) is 21.0. The Hall–Kier alpha value is -3.61. The number of imidazole rings is 1. The first-order valence-corrected chi connectivity index (χ1v) is 12.2. The molecule has 0 aliphatic rings. The highest BCUT2D eigenvalue weighted by molar-refractivity contribution is 7.15. The van der Waals surface area contributed by atoms with E-state index in [-0.39, 0.29) is 5.56 Å². The third-order valence-electron chi connectivity index (χ3n) is 5.98. The number of para-hydroxylation sites is 3. The Morgan fingerprint density at radius 1 is 1.06 bits per heavy atom. The summed E-state index contributed by atoms with van der Waals surface area (Å²) in [5.41, 5.74) is 4.76. The molecule has 0 amide bonds. The fourth-order valence-electron chi connectivity index (χ4n) is 4.36. The predicted octanol–water partition coefficient (Wildman–Crippen LogP) is 5.45. The maximum Gasteiger partial charge on any atom is 0.274 e. The van der Waals surface area contributed by atoms with E-state index in [9.17, 15) is 4.79 Å². The molecule has 5 nitrogen and oxygen atoms in total. The molecule has 0 radical (unpaired) electrons. The van der Waals surface area contributed by atoms with Crippen LogP contribution in [0.5, 0.6) is 5.75 Å². The number of fused-ring (bicyclic) bond motifs is 4. The molecule has 0 aliphatic carbocycles. The molecule has 3 heterocycles. The Labute approximate surface area is 204 Å². The van der Waals surface area contributed by atoms with Crippen molar-refractivity contribution >= 4 is 55.9 Å². The lowest BCUT2D eigenvalue weighted by atomic mass is 10.2. The summed E-state index contributed by atoms with van der Waals surface area (Å²) in [4.78, 5) is 18.5. The molecule has 168 valence electrons. The Kier molecular flexibility index (Phi) is 5.12. The minimum absolute atomic E-state index is 0.0351. The van der Waals surface area contributed by atoms with Gasteiger partial charge in [-0.25, -0.2) is 9.38 Å². The van der Waals surface area contributed by atoms with Gasteiger partial charge in [-0.2, -0.15) is 0 Å². The number of thiazole rings is 1. The van der Waals surface area contributed by atoms with Gasteiger partial charge in [-0.1, -0.05) is 53.3 Å². The van der Waals surface area contributed by atoms with E-state index in [2.05, 4.69) is 27.9 Å². The molecule has 0 fully saturated rings. The maximum atomic E-state index is 13.2. The number of halogens is 1. The van der Waals surface area contributed by atoms with E-state index in [0.29, 0.717) is 27.7 Å². The summed E-state index contributed by atoms with van der Waals surface area (Å²) in [6, 6.07) is 21.6. The van der Waals surface area contributed by atoms with Crippen LogP contribution in [-0.4, -0.2) is 20.6 Å². The van der Waals surface area contributed by atoms with Gasteiger partial charge >= 0.3 is 0 Å². The lowest BCUT2D eigenvalue weighted by Crippen LogP contribution is -2.22. The van der Waals surface area contributed by atoms with Gasteiger partial charge in [0.25, 0.3) is 5.56 Å². The van der Waals surface area contributed by atoms with Gasteiger partial charge in [0.15, 0.2) is 4.96 Å². The van der Waals surface area contributed by atoms with Gasteiger partial charge < -0.3 is 9.30 Å². The van der Waals surface area contributed by atoms with Gasteiger partial charge in [-0.15, -0.1) is 0 Å². The van der Waals surface area contributed by atoms with Crippen molar-refractivity contribution in [3.8, 4) is 5.75 Å². The van der Waals surface area contributed by atoms with Crippen LogP contribution in [0.2, 0.25) is 5.02 Å². The van der Waals surface area contributed by atoms with E-state index < -0.39 is 0 Å². The van der Waals surface area contributed by atoms with E-state index in [0.717, 1.165) is 38.8 Å². The number of hydrogen-bond donors (Lipinski definition) is 0. The summed E-state index contributed by atoms with van der Waals surface area (Å²) in [7, 11) is 0. The number of ether oxygens (including phenoxy) is 1. The van der Waals surface area contributed by atoms with Gasteiger partial charge in [0.1, 0.15) is 12.4 Å². The second-order valence-electron chi connectivity index (χ2n) is 8.19. The van der Waals surface area contributed by atoms with Crippen molar-refractivity contribution in [1.29, 1.82) is 0 Å². The average molecular weight is 486 g/mol. The highest BCUT2D eigenvalue weighted by atomic mass is 35.5. The largest absolute Gasteiger partial charge is 0.491 e. The highest BCUT2D eigenvalue weighted by Gasteiger charge is 2.12. The zero-order chi connectivity index (χ0) is 23.2. The summed E-state index contributed by atoms with van der Waals surface area (Å²) < 4.78 is 10.6. The zero-order valence-electron chi connectivity index (χ0n) is 18.4. The van der Waals surface area contributed by atoms with Crippen LogP contribution in [0.3, 0.4) is 0 Å². The monoisotopic (exact) mass is 485 g/mol. The maximum absolute atomic E-state index is 13.2. The molecule has 7 heteroatoms. The molecular formula is C27H20ClN3O2S. The van der Waals surface area contributed by atoms with Crippen molar-refractivity contribution in [2.45, 2.75) is 13.5 Å². The predicted molar refractivity (Wildman–Crippen MR) is 139 cm³/mol. The Bertz CT molecular complexity index is 1800. The van der Waals surface area contributed by atoms with Gasteiger partial charge in [0.2, 0.25) is 0 Å². The van der Waals surface area contributed by atoms with Crippen molar-refractivity contribution in [3.05, 3.63) is 104 Å². The summed E-state index contributed by atoms with van der Waals surface area (Å²) in [6.07, 6.45) is 4.06. The molecule has 0 aliphatic heterocycles. The molecule has 0 unspecified atom stereocenters. The first-order valence-electron chi connectivity index (χ1n) is 11.0. The van der Waals surface area contributed by atoms with Crippen LogP contribution in [0, 0.1) is 6.92 Å². The van der Waals surface area contributed by atoms with E-state index in [1.165, 1.54) is 11.3 Å². The van der Waals surface area contributed by atoms with Crippen molar-refractivity contribution in [3.63, 3.8) is 0 Å². The SMILES string of the molecule is Cc1cc(Cl)ccc1OCCn1cc(/C=c2\sc3nc4ccccc4n3c2=O)c2ccccc21. The second kappa shape index (κ2) is 8.31. The van der Waals surface area contributed by atoms with Crippen LogP contribution in [0.4, 0.5) is 0 Å². The van der Waals surface area contributed by atoms with Crippen molar-refractivity contribution in [2.24, 2.45) is 0 Å². The number of benzene rings is 3. The molecule has 6 aromatic rings. The zero-order valence-corrected chi connectivity index (χ0v) is 19.9.